The predicted octanol–water partition coefficient (Wildman–Crippen LogP) is 2.73. The van der Waals surface area contributed by atoms with Crippen LogP contribution in [-0.2, 0) is 0 Å². The van der Waals surface area contributed by atoms with Crippen molar-refractivity contribution >= 4 is 0 Å². The molecule has 2 atom stereocenters. The second-order valence-corrected chi connectivity index (χ2v) is 5.85. The minimum absolute atomic E-state index is 0.282. The van der Waals surface area contributed by atoms with E-state index in [0.717, 1.165) is 13.8 Å². The van der Waals surface area contributed by atoms with E-state index in [1.54, 1.807) is 20.8 Å². The first-order valence-corrected chi connectivity index (χ1v) is 5.23. The summed E-state index contributed by atoms with van der Waals surface area (Å²) < 4.78 is 37.8. The normalized spacial score (nSPS) is 18.4. The first kappa shape index (κ1) is 15.7. The number of aliphatic hydroxyl groups excluding tert-OH is 2. The number of aliphatic hydroxyl groups is 2. The molecular weight excluding hydrogens is 221 g/mol. The minimum atomic E-state index is -4.48. The molecule has 0 aromatic heterocycles. The summed E-state index contributed by atoms with van der Waals surface area (Å²) in [7, 11) is 0. The van der Waals surface area contributed by atoms with Crippen LogP contribution in [0.25, 0.3) is 0 Å². The quantitative estimate of drug-likeness (QED) is 0.799. The number of alkyl halides is 3. The van der Waals surface area contributed by atoms with Crippen molar-refractivity contribution in [2.24, 2.45) is 10.8 Å². The molecule has 0 aromatic carbocycles. The molecule has 5 heteroatoms. The molecule has 2 nitrogen and oxygen atoms in total. The Morgan fingerprint density at radius 3 is 1.50 bits per heavy atom. The van der Waals surface area contributed by atoms with E-state index in [-0.39, 0.29) is 6.42 Å². The van der Waals surface area contributed by atoms with Crippen LogP contribution >= 0.6 is 0 Å². The molecule has 0 amide bonds. The maximum absolute atomic E-state index is 12.6. The van der Waals surface area contributed by atoms with Crippen molar-refractivity contribution in [2.45, 2.75) is 59.4 Å². The van der Waals surface area contributed by atoms with Gasteiger partial charge in [-0.3, -0.25) is 0 Å². The summed E-state index contributed by atoms with van der Waals surface area (Å²) in [6, 6.07) is 0. The molecule has 0 fully saturated rings. The molecule has 16 heavy (non-hydrogen) atoms. The summed E-state index contributed by atoms with van der Waals surface area (Å²) in [5.41, 5.74) is -2.75. The summed E-state index contributed by atoms with van der Waals surface area (Å²) in [5, 5.41) is 19.2. The van der Waals surface area contributed by atoms with Crippen LogP contribution in [-0.4, -0.2) is 28.6 Å². The van der Waals surface area contributed by atoms with Gasteiger partial charge < -0.3 is 10.2 Å². The van der Waals surface area contributed by atoms with Crippen LogP contribution < -0.4 is 0 Å². The highest BCUT2D eigenvalue weighted by atomic mass is 19.4. The van der Waals surface area contributed by atoms with Crippen LogP contribution in [0, 0.1) is 10.8 Å². The van der Waals surface area contributed by atoms with Gasteiger partial charge >= 0.3 is 6.18 Å². The highest BCUT2D eigenvalue weighted by molar-refractivity contribution is 4.88. The molecule has 0 heterocycles. The summed E-state index contributed by atoms with van der Waals surface area (Å²) in [6.07, 6.45) is -7.34. The van der Waals surface area contributed by atoms with Crippen LogP contribution in [0.4, 0.5) is 13.2 Å². The Hall–Kier alpha value is -0.290. The Balaban J connectivity index is 4.66. The highest BCUT2D eigenvalue weighted by Gasteiger charge is 2.52. The van der Waals surface area contributed by atoms with Gasteiger partial charge in [-0.05, 0) is 19.3 Å². The number of hydrogen-bond donors (Lipinski definition) is 2. The first-order chi connectivity index (χ1) is 6.80. The van der Waals surface area contributed by atoms with Crippen molar-refractivity contribution < 1.29 is 23.4 Å². The molecule has 0 saturated carbocycles. The first-order valence-electron chi connectivity index (χ1n) is 5.23. The summed E-state index contributed by atoms with van der Waals surface area (Å²) >= 11 is 0. The topological polar surface area (TPSA) is 40.5 Å². The van der Waals surface area contributed by atoms with Gasteiger partial charge in [-0.1, -0.05) is 20.8 Å². The predicted molar refractivity (Wildman–Crippen MR) is 55.9 cm³/mol. The molecule has 0 aliphatic heterocycles. The molecule has 0 radical (unpaired) electrons. The van der Waals surface area contributed by atoms with Gasteiger partial charge in [-0.2, -0.15) is 13.2 Å². The van der Waals surface area contributed by atoms with Gasteiger partial charge in [0.05, 0.1) is 17.6 Å². The zero-order valence-electron chi connectivity index (χ0n) is 10.4. The average molecular weight is 242 g/mol. The molecule has 0 aliphatic carbocycles. The zero-order valence-corrected chi connectivity index (χ0v) is 10.4. The molecule has 2 N–H and O–H groups in total. The SMILES string of the molecule is CC(C)(C)C(O)CC(O)C(C)(C)C(F)(F)F. The van der Waals surface area contributed by atoms with Gasteiger partial charge in [0.2, 0.25) is 0 Å². The number of rotatable bonds is 3. The van der Waals surface area contributed by atoms with Crippen LogP contribution in [0.15, 0.2) is 0 Å². The Labute approximate surface area is 94.5 Å². The molecule has 0 bridgehead atoms. The van der Waals surface area contributed by atoms with E-state index in [0.29, 0.717) is 0 Å². The van der Waals surface area contributed by atoms with Crippen molar-refractivity contribution in [1.29, 1.82) is 0 Å². The van der Waals surface area contributed by atoms with Gasteiger partial charge in [-0.15, -0.1) is 0 Å². The Morgan fingerprint density at radius 2 is 1.25 bits per heavy atom. The second kappa shape index (κ2) is 4.53. The van der Waals surface area contributed by atoms with Crippen LogP contribution in [0.1, 0.15) is 41.0 Å². The molecule has 98 valence electrons. The van der Waals surface area contributed by atoms with Gasteiger partial charge in [0, 0.05) is 6.42 Å². The third-order valence-electron chi connectivity index (χ3n) is 3.01. The molecule has 0 aromatic rings. The molecule has 2 unspecified atom stereocenters. The van der Waals surface area contributed by atoms with Crippen molar-refractivity contribution in [1.82, 2.24) is 0 Å². The maximum atomic E-state index is 12.6. The van der Waals surface area contributed by atoms with Crippen molar-refractivity contribution in [3.8, 4) is 0 Å². The van der Waals surface area contributed by atoms with E-state index < -0.39 is 29.2 Å². The van der Waals surface area contributed by atoms with Gasteiger partial charge in [0.15, 0.2) is 0 Å². The smallest absolute Gasteiger partial charge is 0.392 e. The monoisotopic (exact) mass is 242 g/mol. The molecule has 0 spiro atoms. The summed E-state index contributed by atoms with van der Waals surface area (Å²) in [6.45, 7) is 7.01. The van der Waals surface area contributed by atoms with Crippen molar-refractivity contribution in [3.63, 3.8) is 0 Å². The van der Waals surface area contributed by atoms with E-state index >= 15 is 0 Å². The van der Waals surface area contributed by atoms with Gasteiger partial charge in [0.25, 0.3) is 0 Å². The standard InChI is InChI=1S/C11H21F3O2/c1-9(2,3)7(15)6-8(16)10(4,5)11(12,13)14/h7-8,15-16H,6H2,1-5H3. The van der Waals surface area contributed by atoms with E-state index in [4.69, 9.17) is 0 Å². The molecular formula is C11H21F3O2. The number of halogens is 3. The lowest BCUT2D eigenvalue weighted by atomic mass is 9.78. The zero-order chi connectivity index (χ0) is 13.4. The second-order valence-electron chi connectivity index (χ2n) is 5.85. The fourth-order valence-electron chi connectivity index (χ4n) is 1.05. The number of hydrogen-bond acceptors (Lipinski definition) is 2. The van der Waals surface area contributed by atoms with Crippen LogP contribution in [0.3, 0.4) is 0 Å². The van der Waals surface area contributed by atoms with Crippen LogP contribution in [0.5, 0.6) is 0 Å². The van der Waals surface area contributed by atoms with Crippen molar-refractivity contribution in [2.75, 3.05) is 0 Å². The lowest BCUT2D eigenvalue weighted by molar-refractivity contribution is -0.245. The molecule has 0 aliphatic rings. The van der Waals surface area contributed by atoms with Gasteiger partial charge in [0.1, 0.15) is 0 Å². The van der Waals surface area contributed by atoms with Crippen LogP contribution in [0.2, 0.25) is 0 Å². The fraction of sp³-hybridized carbons (Fsp3) is 1.00. The Bertz CT molecular complexity index is 228. The van der Waals surface area contributed by atoms with E-state index in [1.807, 2.05) is 0 Å². The fourth-order valence-corrected chi connectivity index (χ4v) is 1.05. The van der Waals surface area contributed by atoms with E-state index in [9.17, 15) is 23.4 Å². The molecule has 0 rings (SSSR count). The van der Waals surface area contributed by atoms with E-state index in [1.165, 1.54) is 0 Å². The summed E-state index contributed by atoms with van der Waals surface area (Å²) in [5.74, 6) is 0. The Morgan fingerprint density at radius 1 is 0.875 bits per heavy atom. The van der Waals surface area contributed by atoms with Gasteiger partial charge in [-0.25, -0.2) is 0 Å². The van der Waals surface area contributed by atoms with Crippen molar-refractivity contribution in [3.05, 3.63) is 0 Å². The largest absolute Gasteiger partial charge is 0.396 e. The Kier molecular flexibility index (Phi) is 4.45. The third-order valence-corrected chi connectivity index (χ3v) is 3.01. The summed E-state index contributed by atoms with van der Waals surface area (Å²) in [4.78, 5) is 0. The molecule has 0 saturated heterocycles. The van der Waals surface area contributed by atoms with E-state index in [2.05, 4.69) is 0 Å². The lowest BCUT2D eigenvalue weighted by Gasteiger charge is -2.36. The lowest BCUT2D eigenvalue weighted by Crippen LogP contribution is -2.45. The highest BCUT2D eigenvalue weighted by Crippen LogP contribution is 2.42. The average Bonchev–Trinajstić information content (AvgIpc) is 1.99. The maximum Gasteiger partial charge on any atom is 0.396 e. The third kappa shape index (κ3) is 3.63. The minimum Gasteiger partial charge on any atom is -0.392 e.